The lowest BCUT2D eigenvalue weighted by atomic mass is 10.0. The molecule has 0 aliphatic rings. The molecule has 2 aromatic carbocycles. The Balaban J connectivity index is 2.25. The van der Waals surface area contributed by atoms with Crippen LogP contribution >= 0.6 is 43.5 Å². The van der Waals surface area contributed by atoms with Crippen LogP contribution in [0.2, 0.25) is 5.02 Å². The molecule has 1 unspecified atom stereocenters. The van der Waals surface area contributed by atoms with Crippen molar-refractivity contribution in [3.63, 3.8) is 0 Å². The van der Waals surface area contributed by atoms with E-state index in [-0.39, 0.29) is 4.83 Å². The van der Waals surface area contributed by atoms with Crippen LogP contribution in [0.25, 0.3) is 0 Å². The van der Waals surface area contributed by atoms with Crippen molar-refractivity contribution in [1.29, 1.82) is 0 Å². The van der Waals surface area contributed by atoms with Gasteiger partial charge in [-0.25, -0.2) is 0 Å². The van der Waals surface area contributed by atoms with E-state index in [1.165, 1.54) is 11.1 Å². The van der Waals surface area contributed by atoms with Crippen LogP contribution in [0.1, 0.15) is 21.5 Å². The summed E-state index contributed by atoms with van der Waals surface area (Å²) >= 11 is 13.5. The lowest BCUT2D eigenvalue weighted by Crippen LogP contribution is -1.98. The molecule has 0 aliphatic heterocycles. The molecule has 3 heteroatoms. The molecule has 2 rings (SSSR count). The fourth-order valence-electron chi connectivity index (χ4n) is 1.90. The zero-order valence-corrected chi connectivity index (χ0v) is 13.9. The van der Waals surface area contributed by atoms with E-state index in [0.717, 1.165) is 21.5 Å². The molecule has 0 saturated carbocycles. The molecule has 94 valence electrons. The Morgan fingerprint density at radius 3 is 2.56 bits per heavy atom. The van der Waals surface area contributed by atoms with Gasteiger partial charge in [0.1, 0.15) is 0 Å². The monoisotopic (exact) mass is 386 g/mol. The highest BCUT2D eigenvalue weighted by Gasteiger charge is 2.14. The molecule has 0 aromatic heterocycles. The van der Waals surface area contributed by atoms with Gasteiger partial charge in [-0.2, -0.15) is 0 Å². The van der Waals surface area contributed by atoms with Crippen LogP contribution in [-0.4, -0.2) is 0 Å². The standard InChI is InChI=1S/C15H13Br2Cl/c1-10-5-2-3-6-11(10)9-14(17)12-7-4-8-13(16)15(12)18/h2-8,14H,9H2,1H3. The smallest absolute Gasteiger partial charge is 0.0591 e. The maximum atomic E-state index is 6.32. The Kier molecular flexibility index (Phi) is 4.88. The zero-order chi connectivity index (χ0) is 13.1. The molecule has 0 N–H and O–H groups in total. The van der Waals surface area contributed by atoms with Crippen molar-refractivity contribution in [2.24, 2.45) is 0 Å². The van der Waals surface area contributed by atoms with Crippen molar-refractivity contribution in [3.8, 4) is 0 Å². The first kappa shape index (κ1) is 14.1. The third-order valence-electron chi connectivity index (χ3n) is 2.98. The molecule has 0 saturated heterocycles. The maximum Gasteiger partial charge on any atom is 0.0591 e. The molecular formula is C15H13Br2Cl. The van der Waals surface area contributed by atoms with Crippen molar-refractivity contribution in [1.82, 2.24) is 0 Å². The van der Waals surface area contributed by atoms with E-state index < -0.39 is 0 Å². The summed E-state index contributed by atoms with van der Waals surface area (Å²) in [6.45, 7) is 2.14. The van der Waals surface area contributed by atoms with Crippen LogP contribution in [0.5, 0.6) is 0 Å². The average molecular weight is 389 g/mol. The van der Waals surface area contributed by atoms with E-state index in [1.807, 2.05) is 12.1 Å². The zero-order valence-electron chi connectivity index (χ0n) is 9.96. The third kappa shape index (κ3) is 3.17. The van der Waals surface area contributed by atoms with Gasteiger partial charge < -0.3 is 0 Å². The number of hydrogen-bond donors (Lipinski definition) is 0. The number of aryl methyl sites for hydroxylation is 1. The molecule has 0 nitrogen and oxygen atoms in total. The quantitative estimate of drug-likeness (QED) is 0.558. The van der Waals surface area contributed by atoms with E-state index in [2.05, 4.69) is 69.1 Å². The number of rotatable bonds is 3. The molecular weight excluding hydrogens is 375 g/mol. The first-order valence-electron chi connectivity index (χ1n) is 5.72. The molecule has 0 spiro atoms. The number of hydrogen-bond acceptors (Lipinski definition) is 0. The topological polar surface area (TPSA) is 0 Å². The van der Waals surface area contributed by atoms with Gasteiger partial charge in [0.15, 0.2) is 0 Å². The first-order valence-corrected chi connectivity index (χ1v) is 7.80. The van der Waals surface area contributed by atoms with Gasteiger partial charge in [0.2, 0.25) is 0 Å². The summed E-state index contributed by atoms with van der Waals surface area (Å²) in [6, 6.07) is 14.5. The Morgan fingerprint density at radius 1 is 1.11 bits per heavy atom. The maximum absolute atomic E-state index is 6.32. The van der Waals surface area contributed by atoms with E-state index in [1.54, 1.807) is 0 Å². The van der Waals surface area contributed by atoms with Crippen molar-refractivity contribution in [3.05, 3.63) is 68.7 Å². The van der Waals surface area contributed by atoms with Gasteiger partial charge in [-0.1, -0.05) is 63.9 Å². The molecule has 18 heavy (non-hydrogen) atoms. The molecule has 2 aromatic rings. The third-order valence-corrected chi connectivity index (χ3v) is 5.11. The van der Waals surface area contributed by atoms with Gasteiger partial charge in [-0.3, -0.25) is 0 Å². The van der Waals surface area contributed by atoms with Crippen LogP contribution < -0.4 is 0 Å². The van der Waals surface area contributed by atoms with Gasteiger partial charge in [-0.15, -0.1) is 0 Å². The summed E-state index contributed by atoms with van der Waals surface area (Å²) < 4.78 is 0.941. The summed E-state index contributed by atoms with van der Waals surface area (Å²) in [5.74, 6) is 0. The van der Waals surface area contributed by atoms with Gasteiger partial charge in [0.05, 0.1) is 5.02 Å². The summed E-state index contributed by atoms with van der Waals surface area (Å²) in [5, 5.41) is 0.785. The van der Waals surface area contributed by atoms with E-state index >= 15 is 0 Å². The molecule has 1 atom stereocenters. The van der Waals surface area contributed by atoms with Gasteiger partial charge >= 0.3 is 0 Å². The van der Waals surface area contributed by atoms with Gasteiger partial charge in [-0.05, 0) is 52.0 Å². The second-order valence-corrected chi connectivity index (χ2v) is 6.58. The van der Waals surface area contributed by atoms with Gasteiger partial charge in [0, 0.05) is 9.30 Å². The summed E-state index contributed by atoms with van der Waals surface area (Å²) in [5.41, 5.74) is 3.78. The molecule has 0 amide bonds. The number of alkyl halides is 1. The Labute approximate surface area is 130 Å². The van der Waals surface area contributed by atoms with Crippen molar-refractivity contribution in [2.75, 3.05) is 0 Å². The Bertz CT molecular complexity index is 552. The largest absolute Gasteiger partial charge is 0.0835 e. The second-order valence-electron chi connectivity index (χ2n) is 4.24. The summed E-state index contributed by atoms with van der Waals surface area (Å²) in [6.07, 6.45) is 0.933. The number of benzene rings is 2. The highest BCUT2D eigenvalue weighted by molar-refractivity contribution is 9.10. The predicted octanol–water partition coefficient (Wildman–Crippen LogP) is 6.09. The fourth-order valence-corrected chi connectivity index (χ4v) is 3.41. The first-order chi connectivity index (χ1) is 8.59. The van der Waals surface area contributed by atoms with E-state index in [9.17, 15) is 0 Å². The molecule has 0 fully saturated rings. The lowest BCUT2D eigenvalue weighted by Gasteiger charge is -2.14. The highest BCUT2D eigenvalue weighted by Crippen LogP contribution is 2.36. The van der Waals surface area contributed by atoms with Crippen molar-refractivity contribution >= 4 is 43.5 Å². The summed E-state index contributed by atoms with van der Waals surface area (Å²) in [4.78, 5) is 0.226. The normalized spacial score (nSPS) is 12.4. The molecule has 0 heterocycles. The minimum atomic E-state index is 0.226. The minimum absolute atomic E-state index is 0.226. The summed E-state index contributed by atoms with van der Waals surface area (Å²) in [7, 11) is 0. The number of halogens is 3. The van der Waals surface area contributed by atoms with Gasteiger partial charge in [0.25, 0.3) is 0 Å². The second kappa shape index (κ2) is 6.23. The van der Waals surface area contributed by atoms with Crippen LogP contribution in [0, 0.1) is 6.92 Å². The Morgan fingerprint density at radius 2 is 1.83 bits per heavy atom. The van der Waals surface area contributed by atoms with E-state index in [0.29, 0.717) is 0 Å². The average Bonchev–Trinajstić information content (AvgIpc) is 2.35. The van der Waals surface area contributed by atoms with Crippen molar-refractivity contribution in [2.45, 2.75) is 18.2 Å². The van der Waals surface area contributed by atoms with Crippen LogP contribution in [0.15, 0.2) is 46.9 Å². The minimum Gasteiger partial charge on any atom is -0.0835 e. The predicted molar refractivity (Wildman–Crippen MR) is 85.7 cm³/mol. The fraction of sp³-hybridized carbons (Fsp3) is 0.200. The SMILES string of the molecule is Cc1ccccc1CC(Br)c1cccc(Br)c1Cl. The Hall–Kier alpha value is -0.310. The lowest BCUT2D eigenvalue weighted by molar-refractivity contribution is 0.938. The van der Waals surface area contributed by atoms with Crippen LogP contribution in [-0.2, 0) is 6.42 Å². The molecule has 0 radical (unpaired) electrons. The molecule has 0 aliphatic carbocycles. The molecule has 0 bridgehead atoms. The van der Waals surface area contributed by atoms with Crippen LogP contribution in [0.3, 0.4) is 0 Å². The highest BCUT2D eigenvalue weighted by atomic mass is 79.9. The van der Waals surface area contributed by atoms with Crippen molar-refractivity contribution < 1.29 is 0 Å². The van der Waals surface area contributed by atoms with Crippen LogP contribution in [0.4, 0.5) is 0 Å². The van der Waals surface area contributed by atoms with E-state index in [4.69, 9.17) is 11.6 Å².